The van der Waals surface area contributed by atoms with E-state index in [1.54, 1.807) is 11.8 Å². The van der Waals surface area contributed by atoms with Gasteiger partial charge >= 0.3 is 0 Å². The average molecular weight is 267 g/mol. The molecule has 0 unspecified atom stereocenters. The van der Waals surface area contributed by atoms with Crippen molar-refractivity contribution in [3.8, 4) is 0 Å². The molecule has 0 atom stereocenters. The van der Waals surface area contributed by atoms with E-state index in [2.05, 4.69) is 6.92 Å². The Morgan fingerprint density at radius 3 is 2.94 bits per heavy atom. The number of hydrogen-bond acceptors (Lipinski definition) is 4. The molecule has 1 aliphatic rings. The van der Waals surface area contributed by atoms with Gasteiger partial charge in [-0.3, -0.25) is 9.59 Å². The Balaban J connectivity index is 2.28. The minimum Gasteiger partial charge on any atom is -0.294 e. The Bertz CT molecular complexity index is 435. The van der Waals surface area contributed by atoms with Crippen LogP contribution in [0.2, 0.25) is 0 Å². The van der Waals surface area contributed by atoms with Gasteiger partial charge in [-0.2, -0.15) is 0 Å². The number of unbranched alkanes of at least 4 members (excludes halogenated alkanes) is 1. The molecule has 0 spiro atoms. The van der Waals surface area contributed by atoms with Crippen molar-refractivity contribution in [2.75, 3.05) is 5.75 Å². The molecular formula is C13H15O2S2. The summed E-state index contributed by atoms with van der Waals surface area (Å²) in [7, 11) is 0. The molecule has 0 bridgehead atoms. The summed E-state index contributed by atoms with van der Waals surface area (Å²) in [6, 6.07) is 0. The molecule has 0 saturated carbocycles. The maximum atomic E-state index is 11.9. The normalized spacial score (nSPS) is 14.8. The van der Waals surface area contributed by atoms with E-state index >= 15 is 0 Å². The van der Waals surface area contributed by atoms with E-state index in [1.165, 1.54) is 11.3 Å². The third-order valence-electron chi connectivity index (χ3n) is 2.91. The van der Waals surface area contributed by atoms with Crippen molar-refractivity contribution in [1.82, 2.24) is 0 Å². The van der Waals surface area contributed by atoms with Crippen LogP contribution in [0.25, 0.3) is 0 Å². The SMILES string of the molecule is CCCCSc1sc([C]=O)c2c1C(=O)CCC2. The highest BCUT2D eigenvalue weighted by Crippen LogP contribution is 2.39. The lowest BCUT2D eigenvalue weighted by Gasteiger charge is -2.11. The highest BCUT2D eigenvalue weighted by molar-refractivity contribution is 8.01. The fraction of sp³-hybridized carbons (Fsp3) is 0.538. The summed E-state index contributed by atoms with van der Waals surface area (Å²) >= 11 is 3.17. The maximum absolute atomic E-state index is 11.9. The predicted molar refractivity (Wildman–Crippen MR) is 72.0 cm³/mol. The molecule has 17 heavy (non-hydrogen) atoms. The van der Waals surface area contributed by atoms with Crippen LogP contribution in [-0.4, -0.2) is 17.8 Å². The number of fused-ring (bicyclic) bond motifs is 1. The van der Waals surface area contributed by atoms with Crippen molar-refractivity contribution in [2.45, 2.75) is 43.2 Å². The first-order valence-corrected chi connectivity index (χ1v) is 7.78. The Hall–Kier alpha value is -0.610. The summed E-state index contributed by atoms with van der Waals surface area (Å²) in [4.78, 5) is 23.5. The van der Waals surface area contributed by atoms with Gasteiger partial charge in [0.25, 0.3) is 0 Å². The van der Waals surface area contributed by atoms with Gasteiger partial charge in [0, 0.05) is 12.0 Å². The van der Waals surface area contributed by atoms with E-state index in [-0.39, 0.29) is 5.78 Å². The predicted octanol–water partition coefficient (Wildman–Crippen LogP) is 3.62. The van der Waals surface area contributed by atoms with E-state index in [0.717, 1.165) is 46.8 Å². The number of hydrogen-bond donors (Lipinski definition) is 0. The first-order chi connectivity index (χ1) is 8.27. The van der Waals surface area contributed by atoms with Crippen molar-refractivity contribution in [3.63, 3.8) is 0 Å². The summed E-state index contributed by atoms with van der Waals surface area (Å²) in [6.07, 6.45) is 6.65. The largest absolute Gasteiger partial charge is 0.294 e. The Morgan fingerprint density at radius 1 is 1.41 bits per heavy atom. The van der Waals surface area contributed by atoms with E-state index in [0.29, 0.717) is 11.3 Å². The van der Waals surface area contributed by atoms with E-state index in [1.807, 2.05) is 6.29 Å². The second-order valence-corrected chi connectivity index (χ2v) is 6.54. The molecule has 91 valence electrons. The summed E-state index contributed by atoms with van der Waals surface area (Å²) in [5.74, 6) is 1.23. The maximum Gasteiger partial charge on any atom is 0.244 e. The van der Waals surface area contributed by atoms with Gasteiger partial charge in [0.05, 0.1) is 9.09 Å². The molecule has 2 nitrogen and oxygen atoms in total. The highest BCUT2D eigenvalue weighted by Gasteiger charge is 2.26. The molecule has 0 saturated heterocycles. The van der Waals surface area contributed by atoms with Crippen molar-refractivity contribution < 1.29 is 9.59 Å². The average Bonchev–Trinajstić information content (AvgIpc) is 2.69. The van der Waals surface area contributed by atoms with Crippen LogP contribution in [0.5, 0.6) is 0 Å². The fourth-order valence-electron chi connectivity index (χ4n) is 2.01. The van der Waals surface area contributed by atoms with Crippen LogP contribution >= 0.6 is 23.1 Å². The van der Waals surface area contributed by atoms with Crippen molar-refractivity contribution in [1.29, 1.82) is 0 Å². The topological polar surface area (TPSA) is 34.1 Å². The number of thiophene rings is 1. The molecule has 1 aliphatic carbocycles. The Kier molecular flexibility index (Phi) is 4.40. The zero-order valence-corrected chi connectivity index (χ0v) is 11.5. The monoisotopic (exact) mass is 267 g/mol. The third-order valence-corrected chi connectivity index (χ3v) is 5.39. The summed E-state index contributed by atoms with van der Waals surface area (Å²) < 4.78 is 1.04. The fourth-order valence-corrected chi connectivity index (χ4v) is 4.64. The second-order valence-electron chi connectivity index (χ2n) is 4.15. The van der Waals surface area contributed by atoms with Crippen LogP contribution in [0, 0.1) is 0 Å². The van der Waals surface area contributed by atoms with Gasteiger partial charge < -0.3 is 0 Å². The van der Waals surface area contributed by atoms with Crippen LogP contribution in [0.1, 0.15) is 53.4 Å². The molecule has 1 aromatic heterocycles. The smallest absolute Gasteiger partial charge is 0.244 e. The third kappa shape index (κ3) is 2.63. The molecule has 0 amide bonds. The lowest BCUT2D eigenvalue weighted by molar-refractivity contribution is 0.0970. The van der Waals surface area contributed by atoms with E-state index in [4.69, 9.17) is 0 Å². The first kappa shape index (κ1) is 12.8. The number of Topliss-reactive ketones (excluding diaryl/α,β-unsaturated/α-hetero) is 1. The summed E-state index contributed by atoms with van der Waals surface area (Å²) in [5, 5.41) is 0. The van der Waals surface area contributed by atoms with Gasteiger partial charge in [0.2, 0.25) is 6.29 Å². The molecule has 0 aliphatic heterocycles. The van der Waals surface area contributed by atoms with Crippen LogP contribution in [0.4, 0.5) is 0 Å². The van der Waals surface area contributed by atoms with Crippen LogP contribution < -0.4 is 0 Å². The molecule has 1 radical (unpaired) electrons. The minimum absolute atomic E-state index is 0.211. The lowest BCUT2D eigenvalue weighted by Crippen LogP contribution is -2.10. The van der Waals surface area contributed by atoms with Gasteiger partial charge in [-0.1, -0.05) is 13.3 Å². The Morgan fingerprint density at radius 2 is 2.24 bits per heavy atom. The van der Waals surface area contributed by atoms with E-state index < -0.39 is 0 Å². The number of ketones is 1. The van der Waals surface area contributed by atoms with Gasteiger partial charge in [-0.15, -0.1) is 23.1 Å². The zero-order chi connectivity index (χ0) is 12.3. The van der Waals surface area contributed by atoms with Crippen molar-refractivity contribution >= 4 is 35.2 Å². The summed E-state index contributed by atoms with van der Waals surface area (Å²) in [5.41, 5.74) is 1.79. The number of carbonyl (C=O) groups excluding carboxylic acids is 2. The summed E-state index contributed by atoms with van der Waals surface area (Å²) in [6.45, 7) is 2.15. The molecule has 2 rings (SSSR count). The van der Waals surface area contributed by atoms with Gasteiger partial charge in [0.1, 0.15) is 0 Å². The van der Waals surface area contributed by atoms with Crippen LogP contribution in [0.3, 0.4) is 0 Å². The molecule has 0 N–H and O–H groups in total. The van der Waals surface area contributed by atoms with Gasteiger partial charge in [0.15, 0.2) is 5.78 Å². The van der Waals surface area contributed by atoms with Crippen LogP contribution in [0.15, 0.2) is 4.21 Å². The molecule has 1 heterocycles. The Labute approximate surface area is 110 Å². The quantitative estimate of drug-likeness (QED) is 0.603. The first-order valence-electron chi connectivity index (χ1n) is 5.97. The molecule has 4 heteroatoms. The van der Waals surface area contributed by atoms with Crippen molar-refractivity contribution in [2.24, 2.45) is 0 Å². The standard InChI is InChI=1S/C13H15O2S2/c1-2-3-7-16-13-12-9(11(8-14)17-13)5-4-6-10(12)15/h2-7H2,1H3. The molecular weight excluding hydrogens is 252 g/mol. The van der Waals surface area contributed by atoms with Gasteiger partial charge in [-0.05, 0) is 30.6 Å². The minimum atomic E-state index is 0.211. The van der Waals surface area contributed by atoms with E-state index in [9.17, 15) is 9.59 Å². The number of thioether (sulfide) groups is 1. The van der Waals surface area contributed by atoms with Crippen LogP contribution in [-0.2, 0) is 11.2 Å². The lowest BCUT2D eigenvalue weighted by atomic mass is 9.93. The van der Waals surface area contributed by atoms with Gasteiger partial charge in [-0.25, -0.2) is 0 Å². The zero-order valence-electron chi connectivity index (χ0n) is 9.88. The van der Waals surface area contributed by atoms with Crippen molar-refractivity contribution in [3.05, 3.63) is 16.0 Å². The molecule has 0 aromatic carbocycles. The molecule has 0 fully saturated rings. The number of rotatable bonds is 5. The second kappa shape index (κ2) is 5.83. The number of carbonyl (C=O) groups is 1. The highest BCUT2D eigenvalue weighted by atomic mass is 32.2. The molecule has 1 aromatic rings.